The van der Waals surface area contributed by atoms with Crippen LogP contribution in [0.15, 0.2) is 5.38 Å². The second-order valence-electron chi connectivity index (χ2n) is 5.95. The number of amides is 1. The van der Waals surface area contributed by atoms with Crippen LogP contribution >= 0.6 is 11.3 Å². The third-order valence-corrected chi connectivity index (χ3v) is 7.73. The molecule has 1 aliphatic carbocycles. The number of carbonyl (C=O) groups is 1. The Morgan fingerprint density at radius 2 is 1.87 bits per heavy atom. The molecular weight excluding hydrogens is 353 g/mol. The van der Waals surface area contributed by atoms with Gasteiger partial charge in [0.2, 0.25) is 5.91 Å². The lowest BCUT2D eigenvalue weighted by atomic mass is 10.2. The van der Waals surface area contributed by atoms with E-state index in [4.69, 9.17) is 0 Å². The van der Waals surface area contributed by atoms with Gasteiger partial charge in [-0.2, -0.15) is 13.2 Å². The molecular formula is C13H17F3N2O3S2. The predicted octanol–water partition coefficient (Wildman–Crippen LogP) is 3.24. The van der Waals surface area contributed by atoms with Gasteiger partial charge >= 0.3 is 6.18 Å². The number of carbonyl (C=O) groups excluding carboxylic acids is 1. The first-order chi connectivity index (χ1) is 10.5. The lowest BCUT2D eigenvalue weighted by Crippen LogP contribution is -2.48. The molecule has 1 aromatic heterocycles. The van der Waals surface area contributed by atoms with Crippen molar-refractivity contribution in [2.24, 2.45) is 0 Å². The summed E-state index contributed by atoms with van der Waals surface area (Å²) in [5, 5.41) is 2.12. The van der Waals surface area contributed by atoms with Crippen molar-refractivity contribution in [1.29, 1.82) is 0 Å². The summed E-state index contributed by atoms with van der Waals surface area (Å²) in [6.07, 6.45) is -2.00. The molecule has 0 bridgehead atoms. The van der Waals surface area contributed by atoms with Crippen molar-refractivity contribution < 1.29 is 26.4 Å². The molecule has 1 saturated carbocycles. The number of nitrogens with zero attached hydrogens (tertiary/aromatic N) is 1. The van der Waals surface area contributed by atoms with Gasteiger partial charge in [-0.25, -0.2) is 13.4 Å². The van der Waals surface area contributed by atoms with E-state index < -0.39 is 37.6 Å². The molecule has 1 N–H and O–H groups in total. The Morgan fingerprint density at radius 1 is 1.30 bits per heavy atom. The van der Waals surface area contributed by atoms with Gasteiger partial charge in [-0.3, -0.25) is 4.79 Å². The highest BCUT2D eigenvalue weighted by atomic mass is 32.2. The maximum absolute atomic E-state index is 12.6. The molecule has 2 rings (SSSR count). The first-order valence-electron chi connectivity index (χ1n) is 7.04. The van der Waals surface area contributed by atoms with E-state index in [0.29, 0.717) is 24.2 Å². The van der Waals surface area contributed by atoms with Crippen LogP contribution in [0.5, 0.6) is 0 Å². The molecule has 10 heteroatoms. The zero-order valence-corrected chi connectivity index (χ0v) is 14.2. The number of hydrogen-bond acceptors (Lipinski definition) is 5. The van der Waals surface area contributed by atoms with Crippen LogP contribution in [0.2, 0.25) is 0 Å². The first-order valence-corrected chi connectivity index (χ1v) is 9.46. The van der Waals surface area contributed by atoms with Gasteiger partial charge in [-0.15, -0.1) is 11.3 Å². The number of hydrogen-bond donors (Lipinski definition) is 1. The standard InChI is InChI=1S/C13H17F3N2O3S2/c1-12(2,23(20,21)8-5-3-4-6-8)10(19)18-11-17-9(7-22-11)13(14,15)16/h7-8H,3-6H2,1-2H3,(H,17,18,19). The number of rotatable bonds is 4. The third-order valence-electron chi connectivity index (χ3n) is 4.01. The number of sulfone groups is 1. The van der Waals surface area contributed by atoms with Crippen molar-refractivity contribution in [3.63, 3.8) is 0 Å². The first kappa shape index (κ1) is 18.2. The smallest absolute Gasteiger partial charge is 0.301 e. The van der Waals surface area contributed by atoms with Crippen LogP contribution in [0.3, 0.4) is 0 Å². The van der Waals surface area contributed by atoms with E-state index in [-0.39, 0.29) is 5.13 Å². The normalized spacial score (nSPS) is 17.4. The van der Waals surface area contributed by atoms with Crippen molar-refractivity contribution in [1.82, 2.24) is 4.98 Å². The van der Waals surface area contributed by atoms with Gasteiger partial charge in [0.05, 0.1) is 5.25 Å². The van der Waals surface area contributed by atoms with E-state index in [2.05, 4.69) is 10.3 Å². The van der Waals surface area contributed by atoms with Gasteiger partial charge in [0.15, 0.2) is 20.7 Å². The van der Waals surface area contributed by atoms with E-state index in [1.165, 1.54) is 13.8 Å². The minimum absolute atomic E-state index is 0.267. The van der Waals surface area contributed by atoms with E-state index in [1.807, 2.05) is 0 Å². The van der Waals surface area contributed by atoms with Crippen LogP contribution in [-0.2, 0) is 20.8 Å². The Balaban J connectivity index is 2.17. The van der Waals surface area contributed by atoms with Crippen molar-refractivity contribution in [2.45, 2.75) is 55.7 Å². The summed E-state index contributed by atoms with van der Waals surface area (Å²) < 4.78 is 61.0. The number of aromatic nitrogens is 1. The number of halogens is 3. The summed E-state index contributed by atoms with van der Waals surface area (Å²) in [6.45, 7) is 2.54. The summed E-state index contributed by atoms with van der Waals surface area (Å²) >= 11 is 0.606. The Hall–Kier alpha value is -1.16. The van der Waals surface area contributed by atoms with E-state index in [9.17, 15) is 26.4 Å². The summed E-state index contributed by atoms with van der Waals surface area (Å²) in [6, 6.07) is 0. The molecule has 23 heavy (non-hydrogen) atoms. The molecule has 0 aromatic carbocycles. The van der Waals surface area contributed by atoms with Crippen LogP contribution in [-0.4, -0.2) is 29.3 Å². The summed E-state index contributed by atoms with van der Waals surface area (Å²) in [5.41, 5.74) is -1.12. The average Bonchev–Trinajstić information content (AvgIpc) is 3.08. The Labute approximate surface area is 136 Å². The minimum Gasteiger partial charge on any atom is -0.301 e. The van der Waals surface area contributed by atoms with Crippen LogP contribution in [0.1, 0.15) is 45.2 Å². The molecule has 130 valence electrons. The fourth-order valence-electron chi connectivity index (χ4n) is 2.45. The van der Waals surface area contributed by atoms with E-state index in [1.54, 1.807) is 0 Å². The maximum atomic E-state index is 12.6. The second-order valence-corrected chi connectivity index (χ2v) is 9.59. The SMILES string of the molecule is CC(C)(C(=O)Nc1nc(C(F)(F)F)cs1)S(=O)(=O)C1CCCC1. The van der Waals surface area contributed by atoms with Crippen LogP contribution in [0.25, 0.3) is 0 Å². The van der Waals surface area contributed by atoms with Gasteiger partial charge in [0.1, 0.15) is 4.75 Å². The molecule has 1 aliphatic rings. The number of thiazole rings is 1. The average molecular weight is 370 g/mol. The fourth-order valence-corrected chi connectivity index (χ4v) is 5.26. The lowest BCUT2D eigenvalue weighted by molar-refractivity contribution is -0.140. The molecule has 1 fully saturated rings. The Bertz CT molecular complexity index is 690. The van der Waals surface area contributed by atoms with Crippen LogP contribution in [0, 0.1) is 0 Å². The summed E-state index contributed by atoms with van der Waals surface area (Å²) in [5.74, 6) is -0.868. The molecule has 0 spiro atoms. The van der Waals surface area contributed by atoms with Gasteiger partial charge in [-0.1, -0.05) is 12.8 Å². The quantitative estimate of drug-likeness (QED) is 0.883. The molecule has 0 saturated heterocycles. The number of nitrogens with one attached hydrogen (secondary N) is 1. The molecule has 0 radical (unpaired) electrons. The molecule has 1 heterocycles. The zero-order chi connectivity index (χ0) is 17.5. The van der Waals surface area contributed by atoms with E-state index in [0.717, 1.165) is 18.2 Å². The molecule has 1 amide bonds. The summed E-state index contributed by atoms with van der Waals surface area (Å²) in [4.78, 5) is 15.6. The maximum Gasteiger partial charge on any atom is 0.434 e. The van der Waals surface area contributed by atoms with Crippen molar-refractivity contribution in [2.75, 3.05) is 5.32 Å². The molecule has 0 aliphatic heterocycles. The van der Waals surface area contributed by atoms with Gasteiger partial charge in [0.25, 0.3) is 0 Å². The largest absolute Gasteiger partial charge is 0.434 e. The Morgan fingerprint density at radius 3 is 2.35 bits per heavy atom. The number of alkyl halides is 3. The van der Waals surface area contributed by atoms with Gasteiger partial charge in [0, 0.05) is 5.38 Å². The van der Waals surface area contributed by atoms with Crippen molar-refractivity contribution in [3.05, 3.63) is 11.1 Å². The fraction of sp³-hybridized carbons (Fsp3) is 0.692. The molecule has 5 nitrogen and oxygen atoms in total. The molecule has 0 atom stereocenters. The molecule has 1 aromatic rings. The topological polar surface area (TPSA) is 76.1 Å². The molecule has 0 unspecified atom stereocenters. The highest BCUT2D eigenvalue weighted by Gasteiger charge is 2.47. The minimum atomic E-state index is -4.61. The van der Waals surface area contributed by atoms with E-state index >= 15 is 0 Å². The predicted molar refractivity (Wildman–Crippen MR) is 81.0 cm³/mol. The monoisotopic (exact) mass is 370 g/mol. The van der Waals surface area contributed by atoms with Gasteiger partial charge in [-0.05, 0) is 26.7 Å². The zero-order valence-electron chi connectivity index (χ0n) is 12.6. The van der Waals surface area contributed by atoms with Crippen molar-refractivity contribution >= 4 is 32.2 Å². The van der Waals surface area contributed by atoms with Crippen LogP contribution < -0.4 is 5.32 Å². The Kier molecular flexibility index (Phi) is 4.78. The highest BCUT2D eigenvalue weighted by molar-refractivity contribution is 7.94. The second kappa shape index (κ2) is 6.04. The lowest BCUT2D eigenvalue weighted by Gasteiger charge is -2.26. The van der Waals surface area contributed by atoms with Crippen LogP contribution in [0.4, 0.5) is 18.3 Å². The number of anilines is 1. The summed E-state index contributed by atoms with van der Waals surface area (Å²) in [7, 11) is -3.74. The van der Waals surface area contributed by atoms with Gasteiger partial charge < -0.3 is 5.32 Å². The van der Waals surface area contributed by atoms with Crippen molar-refractivity contribution in [3.8, 4) is 0 Å². The highest BCUT2D eigenvalue weighted by Crippen LogP contribution is 2.34. The third kappa shape index (κ3) is 3.52.